The summed E-state index contributed by atoms with van der Waals surface area (Å²) in [5, 5.41) is 0. The van der Waals surface area contributed by atoms with Crippen LogP contribution in [0, 0.1) is 0 Å². The number of nitrogens with zero attached hydrogens (tertiary/aromatic N) is 1. The molecule has 2 aromatic rings. The molecule has 0 bridgehead atoms. The number of para-hydroxylation sites is 1. The maximum atomic E-state index is 12.1. The average molecular weight is 353 g/mol. The fourth-order valence-electron chi connectivity index (χ4n) is 2.77. The van der Waals surface area contributed by atoms with Crippen LogP contribution in [0.2, 0.25) is 0 Å². The lowest BCUT2D eigenvalue weighted by molar-refractivity contribution is -0.154. The summed E-state index contributed by atoms with van der Waals surface area (Å²) in [7, 11) is 0. The maximum absolute atomic E-state index is 12.1. The molecule has 2 amide bonds. The molecule has 6 nitrogen and oxygen atoms in total. The van der Waals surface area contributed by atoms with Crippen LogP contribution < -0.4 is 4.74 Å². The molecule has 1 aliphatic rings. The van der Waals surface area contributed by atoms with Gasteiger partial charge in [0.15, 0.2) is 6.10 Å². The van der Waals surface area contributed by atoms with Crippen molar-refractivity contribution in [2.24, 2.45) is 0 Å². The van der Waals surface area contributed by atoms with Crippen molar-refractivity contribution >= 4 is 17.8 Å². The molecule has 0 radical (unpaired) electrons. The normalized spacial score (nSPS) is 16.7. The summed E-state index contributed by atoms with van der Waals surface area (Å²) >= 11 is 0. The molecule has 26 heavy (non-hydrogen) atoms. The highest BCUT2D eigenvalue weighted by molar-refractivity contribution is 6.05. The van der Waals surface area contributed by atoms with Gasteiger partial charge >= 0.3 is 5.97 Å². The molecule has 0 N–H and O–H groups in total. The number of ether oxygens (including phenoxy) is 2. The van der Waals surface area contributed by atoms with Crippen LogP contribution in [0.25, 0.3) is 0 Å². The second kappa shape index (κ2) is 7.82. The molecule has 0 aliphatic carbocycles. The predicted octanol–water partition coefficient (Wildman–Crippen LogP) is 2.71. The first kappa shape index (κ1) is 17.7. The van der Waals surface area contributed by atoms with Crippen molar-refractivity contribution < 1.29 is 23.9 Å². The van der Waals surface area contributed by atoms with Gasteiger partial charge in [0.25, 0.3) is 5.91 Å². The highest BCUT2D eigenvalue weighted by Gasteiger charge is 2.40. The first-order chi connectivity index (χ1) is 12.5. The number of hydrogen-bond acceptors (Lipinski definition) is 5. The Kier molecular flexibility index (Phi) is 5.31. The van der Waals surface area contributed by atoms with Crippen LogP contribution in [0.15, 0.2) is 54.6 Å². The molecule has 2 aromatic carbocycles. The predicted molar refractivity (Wildman–Crippen MR) is 93.6 cm³/mol. The summed E-state index contributed by atoms with van der Waals surface area (Å²) < 4.78 is 10.6. The molecule has 1 aliphatic heterocycles. The smallest absolute Gasteiger partial charge is 0.303 e. The Labute approximate surface area is 151 Å². The van der Waals surface area contributed by atoms with Crippen LogP contribution in [0.1, 0.15) is 18.9 Å². The molecule has 0 saturated carbocycles. The van der Waals surface area contributed by atoms with E-state index in [0.717, 1.165) is 16.2 Å². The Morgan fingerprint density at radius 2 is 1.69 bits per heavy atom. The first-order valence-electron chi connectivity index (χ1n) is 8.36. The van der Waals surface area contributed by atoms with Crippen LogP contribution in [0.4, 0.5) is 0 Å². The van der Waals surface area contributed by atoms with Gasteiger partial charge in [-0.2, -0.15) is 0 Å². The summed E-state index contributed by atoms with van der Waals surface area (Å²) in [4.78, 5) is 36.2. The molecule has 1 fully saturated rings. The van der Waals surface area contributed by atoms with Gasteiger partial charge in [-0.25, -0.2) is 0 Å². The van der Waals surface area contributed by atoms with E-state index in [2.05, 4.69) is 0 Å². The van der Waals surface area contributed by atoms with Gasteiger partial charge in [0.1, 0.15) is 11.5 Å². The molecule has 1 atom stereocenters. The lowest BCUT2D eigenvalue weighted by Gasteiger charge is -2.15. The van der Waals surface area contributed by atoms with Gasteiger partial charge < -0.3 is 9.47 Å². The third-order valence-corrected chi connectivity index (χ3v) is 4.04. The summed E-state index contributed by atoms with van der Waals surface area (Å²) in [5.41, 5.74) is 0.974. The molecular formula is C20H19NO5. The van der Waals surface area contributed by atoms with E-state index in [-0.39, 0.29) is 18.9 Å². The lowest BCUT2D eigenvalue weighted by atomic mass is 10.1. The zero-order valence-corrected chi connectivity index (χ0v) is 14.4. The highest BCUT2D eigenvalue weighted by Crippen LogP contribution is 2.22. The molecule has 1 unspecified atom stereocenters. The van der Waals surface area contributed by atoms with Crippen molar-refractivity contribution in [1.29, 1.82) is 0 Å². The molecule has 6 heteroatoms. The minimum absolute atomic E-state index is 0.0811. The summed E-state index contributed by atoms with van der Waals surface area (Å²) in [6, 6.07) is 16.9. The van der Waals surface area contributed by atoms with E-state index < -0.39 is 18.0 Å². The fraction of sp³-hybridized carbons (Fsp3) is 0.250. The summed E-state index contributed by atoms with van der Waals surface area (Å²) in [6.07, 6.45) is -0.542. The third kappa shape index (κ3) is 4.27. The van der Waals surface area contributed by atoms with E-state index in [9.17, 15) is 14.4 Å². The van der Waals surface area contributed by atoms with Crippen molar-refractivity contribution in [2.45, 2.75) is 25.9 Å². The van der Waals surface area contributed by atoms with Gasteiger partial charge in [-0.3, -0.25) is 19.3 Å². The van der Waals surface area contributed by atoms with Crippen LogP contribution in [-0.4, -0.2) is 35.3 Å². The van der Waals surface area contributed by atoms with Crippen LogP contribution >= 0.6 is 0 Å². The SMILES string of the molecule is CC(=O)OC1CC(=O)N(CCc2ccc(Oc3ccccc3)cc2)C1=O. The lowest BCUT2D eigenvalue weighted by Crippen LogP contribution is -2.35. The number of imide groups is 1. The van der Waals surface area contributed by atoms with Gasteiger partial charge in [-0.1, -0.05) is 30.3 Å². The minimum atomic E-state index is -0.985. The number of rotatable bonds is 6. The number of carbonyl (C=O) groups excluding carboxylic acids is 3. The van der Waals surface area contributed by atoms with Gasteiger partial charge in [-0.15, -0.1) is 0 Å². The topological polar surface area (TPSA) is 72.9 Å². The van der Waals surface area contributed by atoms with Crippen molar-refractivity contribution in [2.75, 3.05) is 6.54 Å². The van der Waals surface area contributed by atoms with E-state index in [1.54, 1.807) is 0 Å². The standard InChI is InChI=1S/C20H19NO5/c1-14(22)25-18-13-19(23)21(20(18)24)12-11-15-7-9-17(10-8-15)26-16-5-3-2-4-6-16/h2-10,18H,11-13H2,1H3. The Bertz CT molecular complexity index is 801. The van der Waals surface area contributed by atoms with E-state index in [4.69, 9.17) is 9.47 Å². The number of likely N-dealkylation sites (tertiary alicyclic amines) is 1. The number of amides is 2. The maximum Gasteiger partial charge on any atom is 0.303 e. The first-order valence-corrected chi connectivity index (χ1v) is 8.36. The minimum Gasteiger partial charge on any atom is -0.457 e. The number of benzene rings is 2. The number of esters is 1. The number of hydrogen-bond donors (Lipinski definition) is 0. The molecule has 0 aromatic heterocycles. The molecule has 134 valence electrons. The van der Waals surface area contributed by atoms with E-state index in [1.165, 1.54) is 6.92 Å². The van der Waals surface area contributed by atoms with E-state index in [0.29, 0.717) is 12.2 Å². The quantitative estimate of drug-likeness (QED) is 0.590. The van der Waals surface area contributed by atoms with E-state index in [1.807, 2.05) is 54.6 Å². The Balaban J connectivity index is 1.55. The Morgan fingerprint density at radius 3 is 2.35 bits per heavy atom. The van der Waals surface area contributed by atoms with Crippen LogP contribution in [0.5, 0.6) is 11.5 Å². The highest BCUT2D eigenvalue weighted by atomic mass is 16.5. The summed E-state index contributed by atoms with van der Waals surface area (Å²) in [5.74, 6) is 0.139. The monoisotopic (exact) mass is 353 g/mol. The Morgan fingerprint density at radius 1 is 1.04 bits per heavy atom. The zero-order chi connectivity index (χ0) is 18.5. The average Bonchev–Trinajstić information content (AvgIpc) is 2.88. The van der Waals surface area contributed by atoms with Gasteiger partial charge in [0.05, 0.1) is 6.42 Å². The van der Waals surface area contributed by atoms with Crippen LogP contribution in [0.3, 0.4) is 0 Å². The fourth-order valence-corrected chi connectivity index (χ4v) is 2.77. The van der Waals surface area contributed by atoms with Gasteiger partial charge in [-0.05, 0) is 36.2 Å². The second-order valence-electron chi connectivity index (χ2n) is 5.99. The van der Waals surface area contributed by atoms with Crippen molar-refractivity contribution in [1.82, 2.24) is 4.90 Å². The number of carbonyl (C=O) groups is 3. The molecule has 0 spiro atoms. The van der Waals surface area contributed by atoms with Crippen molar-refractivity contribution in [3.63, 3.8) is 0 Å². The second-order valence-corrected chi connectivity index (χ2v) is 5.99. The van der Waals surface area contributed by atoms with Gasteiger partial charge in [0.2, 0.25) is 5.91 Å². The largest absolute Gasteiger partial charge is 0.457 e. The molecule has 1 saturated heterocycles. The third-order valence-electron chi connectivity index (χ3n) is 4.04. The summed E-state index contributed by atoms with van der Waals surface area (Å²) in [6.45, 7) is 1.48. The molecular weight excluding hydrogens is 334 g/mol. The molecule has 3 rings (SSSR count). The van der Waals surface area contributed by atoms with Gasteiger partial charge in [0, 0.05) is 13.5 Å². The Hall–Kier alpha value is -3.15. The van der Waals surface area contributed by atoms with Crippen molar-refractivity contribution in [3.8, 4) is 11.5 Å². The van der Waals surface area contributed by atoms with Crippen molar-refractivity contribution in [3.05, 3.63) is 60.2 Å². The molecule has 1 heterocycles. The van der Waals surface area contributed by atoms with E-state index >= 15 is 0 Å². The van der Waals surface area contributed by atoms with Crippen LogP contribution in [-0.2, 0) is 25.5 Å². The zero-order valence-electron chi connectivity index (χ0n) is 14.4.